The van der Waals surface area contributed by atoms with Crippen molar-refractivity contribution in [3.8, 4) is 6.07 Å². The molecular weight excluding hydrogens is 411 g/mol. The number of halogens is 2. The summed E-state index contributed by atoms with van der Waals surface area (Å²) >= 11 is 12.1. The molecule has 3 rings (SSSR count). The van der Waals surface area contributed by atoms with Crippen LogP contribution in [-0.2, 0) is 20.3 Å². The van der Waals surface area contributed by atoms with Gasteiger partial charge in [0.25, 0.3) is 0 Å². The van der Waals surface area contributed by atoms with Crippen molar-refractivity contribution in [1.29, 1.82) is 5.26 Å². The fourth-order valence-corrected chi connectivity index (χ4v) is 4.89. The number of rotatable bonds is 4. The van der Waals surface area contributed by atoms with E-state index in [0.717, 1.165) is 0 Å². The van der Waals surface area contributed by atoms with Crippen molar-refractivity contribution in [2.24, 2.45) is 0 Å². The molecule has 1 aromatic carbocycles. The molecule has 0 unspecified atom stereocenters. The lowest BCUT2D eigenvalue weighted by molar-refractivity contribution is 0.0985. The number of nitriles is 1. The Labute approximate surface area is 167 Å². The van der Waals surface area contributed by atoms with Crippen LogP contribution in [0.3, 0.4) is 0 Å². The van der Waals surface area contributed by atoms with Crippen molar-refractivity contribution in [1.82, 2.24) is 9.97 Å². The van der Waals surface area contributed by atoms with Gasteiger partial charge >= 0.3 is 0 Å². The van der Waals surface area contributed by atoms with Gasteiger partial charge in [0.1, 0.15) is 5.82 Å². The molecule has 10 heteroatoms. The van der Waals surface area contributed by atoms with Gasteiger partial charge in [0.05, 0.1) is 52.3 Å². The van der Waals surface area contributed by atoms with E-state index in [4.69, 9.17) is 33.2 Å². The second-order valence-corrected chi connectivity index (χ2v) is 8.82. The van der Waals surface area contributed by atoms with Gasteiger partial charge in [-0.3, -0.25) is 0 Å². The molecule has 142 valence electrons. The van der Waals surface area contributed by atoms with E-state index in [1.165, 1.54) is 18.2 Å². The maximum Gasteiger partial charge on any atom is 0.224 e. The van der Waals surface area contributed by atoms with E-state index >= 15 is 0 Å². The van der Waals surface area contributed by atoms with Gasteiger partial charge in [-0.2, -0.15) is 5.26 Å². The summed E-state index contributed by atoms with van der Waals surface area (Å²) in [5, 5.41) is 8.86. The minimum absolute atomic E-state index is 0.00349. The van der Waals surface area contributed by atoms with Gasteiger partial charge in [-0.1, -0.05) is 11.6 Å². The van der Waals surface area contributed by atoms with Crippen molar-refractivity contribution in [3.05, 3.63) is 45.8 Å². The number of anilines is 1. The van der Waals surface area contributed by atoms with Crippen LogP contribution in [0.1, 0.15) is 18.2 Å². The van der Waals surface area contributed by atoms with Crippen molar-refractivity contribution in [2.75, 3.05) is 24.7 Å². The van der Waals surface area contributed by atoms with E-state index in [0.29, 0.717) is 25.6 Å². The third-order valence-electron chi connectivity index (χ3n) is 4.13. The molecule has 0 aliphatic carbocycles. The number of benzene rings is 1. The molecule has 2 heterocycles. The molecule has 1 aliphatic rings. The molecule has 0 N–H and O–H groups in total. The van der Waals surface area contributed by atoms with Gasteiger partial charge in [-0.15, -0.1) is 0 Å². The number of hydrogen-bond acceptors (Lipinski definition) is 7. The molecule has 0 saturated carbocycles. The summed E-state index contributed by atoms with van der Waals surface area (Å²) in [6, 6.07) is 7.67. The summed E-state index contributed by atoms with van der Waals surface area (Å²) in [4.78, 5) is 10.2. The molecule has 0 amide bonds. The highest BCUT2D eigenvalue weighted by Crippen LogP contribution is 2.27. The van der Waals surface area contributed by atoms with Crippen LogP contribution in [0.5, 0.6) is 0 Å². The van der Waals surface area contributed by atoms with Crippen molar-refractivity contribution < 1.29 is 13.2 Å². The number of ether oxygens (including phenoxy) is 1. The molecule has 0 bridgehead atoms. The summed E-state index contributed by atoms with van der Waals surface area (Å²) in [5.41, 5.74) is 0.553. The zero-order valence-corrected chi connectivity index (χ0v) is 16.7. The Bertz CT molecular complexity index is 1010. The second kappa shape index (κ2) is 7.98. The smallest absolute Gasteiger partial charge is 0.224 e. The average Bonchev–Trinajstić information content (AvgIpc) is 2.60. The largest absolute Gasteiger partial charge is 0.377 e. The lowest BCUT2D eigenvalue weighted by Crippen LogP contribution is -2.44. The lowest BCUT2D eigenvalue weighted by Gasteiger charge is -2.34. The third kappa shape index (κ3) is 4.50. The van der Waals surface area contributed by atoms with Gasteiger partial charge in [0, 0.05) is 12.6 Å². The first-order valence-corrected chi connectivity index (χ1v) is 10.5. The van der Waals surface area contributed by atoms with E-state index < -0.39 is 9.84 Å². The molecule has 27 heavy (non-hydrogen) atoms. The van der Waals surface area contributed by atoms with E-state index in [1.54, 1.807) is 6.07 Å². The van der Waals surface area contributed by atoms with Gasteiger partial charge in [0.2, 0.25) is 5.28 Å². The Morgan fingerprint density at radius 1 is 1.33 bits per heavy atom. The van der Waals surface area contributed by atoms with Gasteiger partial charge < -0.3 is 9.64 Å². The van der Waals surface area contributed by atoms with E-state index in [1.807, 2.05) is 17.9 Å². The highest BCUT2D eigenvalue weighted by Gasteiger charge is 2.24. The fourth-order valence-electron chi connectivity index (χ4n) is 2.84. The van der Waals surface area contributed by atoms with Crippen molar-refractivity contribution in [2.45, 2.75) is 23.6 Å². The Morgan fingerprint density at radius 3 is 2.78 bits per heavy atom. The first-order chi connectivity index (χ1) is 12.8. The average molecular weight is 427 g/mol. The zero-order valence-electron chi connectivity index (χ0n) is 14.4. The minimum atomic E-state index is -3.78. The highest BCUT2D eigenvalue weighted by atomic mass is 35.5. The van der Waals surface area contributed by atoms with Crippen LogP contribution in [0, 0.1) is 11.3 Å². The summed E-state index contributed by atoms with van der Waals surface area (Å²) in [6.45, 7) is 3.72. The molecule has 1 saturated heterocycles. The molecule has 0 radical (unpaired) electrons. The van der Waals surface area contributed by atoms with Crippen LogP contribution >= 0.6 is 23.2 Å². The van der Waals surface area contributed by atoms with E-state index in [2.05, 4.69) is 9.97 Å². The van der Waals surface area contributed by atoms with Crippen LogP contribution in [0.15, 0.2) is 29.2 Å². The SMILES string of the molecule is C[C@H]1COCCN1c1cc(CS(=O)(=O)c2ccc(C#N)cc2Cl)nc(Cl)n1. The molecule has 1 aromatic heterocycles. The molecule has 1 aliphatic heterocycles. The normalized spacial score (nSPS) is 17.6. The number of aromatic nitrogens is 2. The second-order valence-electron chi connectivity index (χ2n) is 6.12. The zero-order chi connectivity index (χ0) is 19.6. The van der Waals surface area contributed by atoms with E-state index in [9.17, 15) is 8.42 Å². The summed E-state index contributed by atoms with van der Waals surface area (Å²) < 4.78 is 31.0. The molecular formula is C17H16Cl2N4O3S. The molecule has 0 spiro atoms. The quantitative estimate of drug-likeness (QED) is 0.693. The summed E-state index contributed by atoms with van der Waals surface area (Å²) in [7, 11) is -3.78. The Balaban J connectivity index is 1.92. The minimum Gasteiger partial charge on any atom is -0.377 e. The van der Waals surface area contributed by atoms with Gasteiger partial charge in [0.15, 0.2) is 9.84 Å². The molecule has 1 fully saturated rings. The van der Waals surface area contributed by atoms with Crippen LogP contribution in [0.2, 0.25) is 10.3 Å². The number of nitrogens with zero attached hydrogens (tertiary/aromatic N) is 4. The fraction of sp³-hybridized carbons (Fsp3) is 0.353. The Morgan fingerprint density at radius 2 is 2.11 bits per heavy atom. The summed E-state index contributed by atoms with van der Waals surface area (Å²) in [6.07, 6.45) is 0. The van der Waals surface area contributed by atoms with E-state index in [-0.39, 0.29) is 38.3 Å². The summed E-state index contributed by atoms with van der Waals surface area (Å²) in [5.74, 6) is 0.175. The number of morpholine rings is 1. The topological polar surface area (TPSA) is 96.2 Å². The maximum atomic E-state index is 12.8. The third-order valence-corrected chi connectivity index (χ3v) is 6.43. The van der Waals surface area contributed by atoms with Crippen LogP contribution in [0.25, 0.3) is 0 Å². The first-order valence-electron chi connectivity index (χ1n) is 8.10. The first kappa shape index (κ1) is 19.8. The monoisotopic (exact) mass is 426 g/mol. The van der Waals surface area contributed by atoms with Crippen molar-refractivity contribution >= 4 is 38.9 Å². The van der Waals surface area contributed by atoms with Crippen molar-refractivity contribution in [3.63, 3.8) is 0 Å². The highest BCUT2D eigenvalue weighted by molar-refractivity contribution is 7.90. The molecule has 1 atom stereocenters. The molecule has 7 nitrogen and oxygen atoms in total. The van der Waals surface area contributed by atoms with Crippen LogP contribution < -0.4 is 4.90 Å². The van der Waals surface area contributed by atoms with Gasteiger partial charge in [-0.25, -0.2) is 18.4 Å². The standard InChI is InChI=1S/C17H16Cl2N4O3S/c1-11-9-26-5-4-23(11)16-7-13(21-17(19)22-16)10-27(24,25)15-3-2-12(8-20)6-14(15)18/h2-3,6-7,11H,4-5,9-10H2,1H3/t11-/m0/s1. The molecule has 2 aromatic rings. The number of sulfone groups is 1. The van der Waals surface area contributed by atoms with Crippen LogP contribution in [-0.4, -0.2) is 44.2 Å². The van der Waals surface area contributed by atoms with Crippen LogP contribution in [0.4, 0.5) is 5.82 Å². The predicted octanol–water partition coefficient (Wildman–Crippen LogP) is 2.85. The lowest BCUT2D eigenvalue weighted by atomic mass is 10.2. The predicted molar refractivity (Wildman–Crippen MR) is 102 cm³/mol. The van der Waals surface area contributed by atoms with Gasteiger partial charge in [-0.05, 0) is 36.7 Å². The Hall–Kier alpha value is -1.92. The number of hydrogen-bond donors (Lipinski definition) is 0. The maximum absolute atomic E-state index is 12.8. The Kier molecular flexibility index (Phi) is 5.86.